The molecule has 116 valence electrons. The number of nitrogens with one attached hydrogen (secondary N) is 2. The molecule has 3 rings (SSSR count). The lowest BCUT2D eigenvalue weighted by Crippen LogP contribution is -2.49. The number of piperidine rings is 1. The molecule has 1 aromatic rings. The third-order valence-electron chi connectivity index (χ3n) is 4.40. The number of aliphatic imine (C=N–C) groups is 1. The minimum atomic E-state index is 0.551. The zero-order chi connectivity index (χ0) is 14.5. The van der Waals surface area contributed by atoms with Crippen LogP contribution >= 0.6 is 0 Å². The Morgan fingerprint density at radius 3 is 2.76 bits per heavy atom. The molecule has 0 amide bonds. The molecule has 1 aromatic heterocycles. The van der Waals surface area contributed by atoms with Crippen molar-refractivity contribution in [3.8, 4) is 0 Å². The molecule has 0 radical (unpaired) electrons. The monoisotopic (exact) mass is 290 g/mol. The van der Waals surface area contributed by atoms with E-state index in [0.717, 1.165) is 30.7 Å². The lowest BCUT2D eigenvalue weighted by atomic mass is 10.1. The number of guanidine groups is 1. The minimum Gasteiger partial charge on any atom is -0.469 e. The molecule has 2 N–H and O–H groups in total. The molecule has 5 nitrogen and oxygen atoms in total. The van der Waals surface area contributed by atoms with Crippen LogP contribution in [-0.4, -0.2) is 49.6 Å². The zero-order valence-corrected chi connectivity index (χ0v) is 12.8. The van der Waals surface area contributed by atoms with Gasteiger partial charge in [-0.05, 0) is 37.8 Å². The van der Waals surface area contributed by atoms with Crippen molar-refractivity contribution in [2.24, 2.45) is 4.99 Å². The van der Waals surface area contributed by atoms with Crippen molar-refractivity contribution in [2.45, 2.75) is 44.2 Å². The van der Waals surface area contributed by atoms with Crippen LogP contribution in [-0.2, 0) is 6.42 Å². The molecule has 0 unspecified atom stereocenters. The standard InChI is InChI=1S/C16H26N4O/c1-17-16(18-9-6-15-3-2-12-21-15)19-13-7-10-20(11-8-13)14-4-5-14/h2-3,12-14H,4-11H2,1H3,(H2,17,18,19). The number of likely N-dealkylation sites (tertiary alicyclic amines) is 1. The largest absolute Gasteiger partial charge is 0.469 e. The van der Waals surface area contributed by atoms with Crippen molar-refractivity contribution in [3.05, 3.63) is 24.2 Å². The lowest BCUT2D eigenvalue weighted by molar-refractivity contribution is 0.197. The van der Waals surface area contributed by atoms with E-state index in [2.05, 4.69) is 20.5 Å². The molecule has 5 heteroatoms. The maximum absolute atomic E-state index is 5.33. The highest BCUT2D eigenvalue weighted by Gasteiger charge is 2.31. The van der Waals surface area contributed by atoms with Gasteiger partial charge in [-0.15, -0.1) is 0 Å². The van der Waals surface area contributed by atoms with Crippen LogP contribution in [0.25, 0.3) is 0 Å². The van der Waals surface area contributed by atoms with Gasteiger partial charge < -0.3 is 20.0 Å². The van der Waals surface area contributed by atoms with Crippen molar-refractivity contribution in [1.29, 1.82) is 0 Å². The summed E-state index contributed by atoms with van der Waals surface area (Å²) in [5.74, 6) is 1.92. The number of hydrogen-bond donors (Lipinski definition) is 2. The van der Waals surface area contributed by atoms with Crippen molar-refractivity contribution >= 4 is 5.96 Å². The Kier molecular flexibility index (Phi) is 4.80. The van der Waals surface area contributed by atoms with E-state index >= 15 is 0 Å². The Morgan fingerprint density at radius 1 is 1.33 bits per heavy atom. The summed E-state index contributed by atoms with van der Waals surface area (Å²) in [7, 11) is 1.83. The Morgan fingerprint density at radius 2 is 2.14 bits per heavy atom. The molecule has 1 aliphatic carbocycles. The summed E-state index contributed by atoms with van der Waals surface area (Å²) in [6.45, 7) is 3.30. The molecule has 0 bridgehead atoms. The Hall–Kier alpha value is -1.49. The molecular formula is C16H26N4O. The first-order valence-corrected chi connectivity index (χ1v) is 8.09. The maximum atomic E-state index is 5.33. The summed E-state index contributed by atoms with van der Waals surface area (Å²) in [5, 5.41) is 6.91. The van der Waals surface area contributed by atoms with Crippen LogP contribution in [0.4, 0.5) is 0 Å². The van der Waals surface area contributed by atoms with Crippen LogP contribution in [0.15, 0.2) is 27.8 Å². The second-order valence-electron chi connectivity index (χ2n) is 6.01. The van der Waals surface area contributed by atoms with Crippen LogP contribution in [0.2, 0.25) is 0 Å². The maximum Gasteiger partial charge on any atom is 0.191 e. The summed E-state index contributed by atoms with van der Waals surface area (Å²) < 4.78 is 5.33. The van der Waals surface area contributed by atoms with Crippen LogP contribution in [0.5, 0.6) is 0 Å². The summed E-state index contributed by atoms with van der Waals surface area (Å²) in [6.07, 6.45) is 7.86. The fourth-order valence-corrected chi connectivity index (χ4v) is 3.00. The predicted octanol–water partition coefficient (Wildman–Crippen LogP) is 1.61. The lowest BCUT2D eigenvalue weighted by Gasteiger charge is -2.33. The van der Waals surface area contributed by atoms with Gasteiger partial charge in [-0.1, -0.05) is 0 Å². The molecule has 2 heterocycles. The van der Waals surface area contributed by atoms with Crippen LogP contribution < -0.4 is 10.6 Å². The molecule has 21 heavy (non-hydrogen) atoms. The average Bonchev–Trinajstić information content (AvgIpc) is 3.24. The highest BCUT2D eigenvalue weighted by molar-refractivity contribution is 5.79. The van der Waals surface area contributed by atoms with E-state index in [1.165, 1.54) is 38.8 Å². The van der Waals surface area contributed by atoms with E-state index in [1.54, 1.807) is 6.26 Å². The molecule has 2 aliphatic rings. The molecule has 1 saturated heterocycles. The van der Waals surface area contributed by atoms with Gasteiger partial charge in [0, 0.05) is 45.2 Å². The highest BCUT2D eigenvalue weighted by Crippen LogP contribution is 2.29. The second kappa shape index (κ2) is 6.98. The van der Waals surface area contributed by atoms with Gasteiger partial charge >= 0.3 is 0 Å². The molecular weight excluding hydrogens is 264 g/mol. The van der Waals surface area contributed by atoms with Crippen molar-refractivity contribution in [3.63, 3.8) is 0 Å². The summed E-state index contributed by atoms with van der Waals surface area (Å²) in [6, 6.07) is 5.38. The molecule has 0 atom stereocenters. The topological polar surface area (TPSA) is 52.8 Å². The van der Waals surface area contributed by atoms with E-state index < -0.39 is 0 Å². The molecule has 1 aliphatic heterocycles. The first-order valence-electron chi connectivity index (χ1n) is 8.09. The second-order valence-corrected chi connectivity index (χ2v) is 6.01. The Labute approximate surface area is 126 Å². The highest BCUT2D eigenvalue weighted by atomic mass is 16.3. The third kappa shape index (κ3) is 4.24. The molecule has 0 spiro atoms. The van der Waals surface area contributed by atoms with Gasteiger partial charge in [0.05, 0.1) is 6.26 Å². The van der Waals surface area contributed by atoms with Crippen LogP contribution in [0, 0.1) is 0 Å². The van der Waals surface area contributed by atoms with Crippen LogP contribution in [0.3, 0.4) is 0 Å². The van der Waals surface area contributed by atoms with E-state index in [0.29, 0.717) is 6.04 Å². The fourth-order valence-electron chi connectivity index (χ4n) is 3.00. The Balaban J connectivity index is 1.36. The number of hydrogen-bond acceptors (Lipinski definition) is 3. The average molecular weight is 290 g/mol. The SMILES string of the molecule is CN=C(NCCc1ccco1)NC1CCN(C2CC2)CC1. The van der Waals surface area contributed by atoms with Gasteiger partial charge in [0.1, 0.15) is 5.76 Å². The van der Waals surface area contributed by atoms with Crippen LogP contribution in [0.1, 0.15) is 31.4 Å². The van der Waals surface area contributed by atoms with Gasteiger partial charge in [-0.2, -0.15) is 0 Å². The smallest absolute Gasteiger partial charge is 0.191 e. The summed E-state index contributed by atoms with van der Waals surface area (Å²) in [4.78, 5) is 6.96. The first kappa shape index (κ1) is 14.4. The van der Waals surface area contributed by atoms with E-state index in [-0.39, 0.29) is 0 Å². The summed E-state index contributed by atoms with van der Waals surface area (Å²) >= 11 is 0. The molecule has 1 saturated carbocycles. The normalized spacial score (nSPS) is 21.5. The van der Waals surface area contributed by atoms with Gasteiger partial charge in [0.2, 0.25) is 0 Å². The van der Waals surface area contributed by atoms with Crippen molar-refractivity contribution in [1.82, 2.24) is 15.5 Å². The van der Waals surface area contributed by atoms with E-state index in [9.17, 15) is 0 Å². The van der Waals surface area contributed by atoms with Gasteiger partial charge in [0.15, 0.2) is 5.96 Å². The van der Waals surface area contributed by atoms with Gasteiger partial charge in [0.25, 0.3) is 0 Å². The number of nitrogens with zero attached hydrogens (tertiary/aromatic N) is 2. The Bertz CT molecular complexity index is 445. The van der Waals surface area contributed by atoms with Crippen molar-refractivity contribution < 1.29 is 4.42 Å². The molecule has 0 aromatic carbocycles. The summed E-state index contributed by atoms with van der Waals surface area (Å²) in [5.41, 5.74) is 0. The quantitative estimate of drug-likeness (QED) is 0.639. The van der Waals surface area contributed by atoms with Gasteiger partial charge in [-0.3, -0.25) is 4.99 Å². The number of furan rings is 1. The first-order chi connectivity index (χ1) is 10.3. The van der Waals surface area contributed by atoms with E-state index in [4.69, 9.17) is 4.42 Å². The fraction of sp³-hybridized carbons (Fsp3) is 0.688. The third-order valence-corrected chi connectivity index (χ3v) is 4.40. The minimum absolute atomic E-state index is 0.551. The van der Waals surface area contributed by atoms with Crippen molar-refractivity contribution in [2.75, 3.05) is 26.7 Å². The van der Waals surface area contributed by atoms with Gasteiger partial charge in [-0.25, -0.2) is 0 Å². The predicted molar refractivity (Wildman–Crippen MR) is 84.5 cm³/mol. The zero-order valence-electron chi connectivity index (χ0n) is 12.8. The molecule has 2 fully saturated rings. The van der Waals surface area contributed by atoms with E-state index in [1.807, 2.05) is 19.2 Å². The number of rotatable bonds is 5.